The molecule has 0 amide bonds. The Labute approximate surface area is 84.2 Å². The van der Waals surface area contributed by atoms with Gasteiger partial charge in [-0.2, -0.15) is 0 Å². The monoisotopic (exact) mass is 192 g/mol. The highest BCUT2D eigenvalue weighted by molar-refractivity contribution is 5.45. The Balaban J connectivity index is 2.00. The molecule has 2 atom stereocenters. The number of aromatic nitrogens is 2. The van der Waals surface area contributed by atoms with Gasteiger partial charge in [0.25, 0.3) is 0 Å². The number of anilines is 2. The Bertz CT molecular complexity index is 326. The van der Waals surface area contributed by atoms with E-state index in [2.05, 4.69) is 21.8 Å². The maximum Gasteiger partial charge on any atom is 0.133 e. The lowest BCUT2D eigenvalue weighted by Gasteiger charge is -2.17. The molecule has 1 aromatic heterocycles. The molecule has 2 unspecified atom stereocenters. The zero-order valence-electron chi connectivity index (χ0n) is 8.64. The second-order valence-corrected chi connectivity index (χ2v) is 4.15. The van der Waals surface area contributed by atoms with Crippen molar-refractivity contribution < 1.29 is 0 Å². The van der Waals surface area contributed by atoms with Crippen molar-refractivity contribution >= 4 is 11.6 Å². The first-order valence-corrected chi connectivity index (χ1v) is 4.95. The lowest BCUT2D eigenvalue weighted by atomic mass is 10.3. The molecule has 0 aromatic carbocycles. The van der Waals surface area contributed by atoms with Crippen molar-refractivity contribution in [1.82, 2.24) is 9.97 Å². The maximum atomic E-state index is 5.59. The van der Waals surface area contributed by atoms with E-state index in [0.717, 1.165) is 24.2 Å². The largest absolute Gasteiger partial charge is 0.384 e. The average molecular weight is 192 g/mol. The molecule has 76 valence electrons. The summed E-state index contributed by atoms with van der Waals surface area (Å²) in [7, 11) is 2.05. The molecule has 2 rings (SSSR count). The minimum Gasteiger partial charge on any atom is -0.384 e. The number of nitrogen functional groups attached to an aromatic ring is 1. The average Bonchev–Trinajstić information content (AvgIpc) is 2.81. The van der Waals surface area contributed by atoms with Crippen molar-refractivity contribution in [2.75, 3.05) is 24.2 Å². The van der Waals surface area contributed by atoms with Crippen molar-refractivity contribution in [3.63, 3.8) is 0 Å². The number of nitrogens with two attached hydrogens (primary N) is 1. The zero-order valence-corrected chi connectivity index (χ0v) is 8.64. The minimum atomic E-state index is 0.533. The zero-order chi connectivity index (χ0) is 10.1. The van der Waals surface area contributed by atoms with Crippen LogP contribution in [0.2, 0.25) is 0 Å². The molecule has 2 N–H and O–H groups in total. The molecule has 14 heavy (non-hydrogen) atoms. The first kappa shape index (κ1) is 9.24. The summed E-state index contributed by atoms with van der Waals surface area (Å²) in [4.78, 5) is 10.2. The van der Waals surface area contributed by atoms with Gasteiger partial charge in [0.1, 0.15) is 18.0 Å². The number of nitrogens with zero attached hydrogens (tertiary/aromatic N) is 3. The van der Waals surface area contributed by atoms with Crippen LogP contribution in [0.5, 0.6) is 0 Å². The molecule has 0 aliphatic heterocycles. The molecule has 4 nitrogen and oxygen atoms in total. The molecule has 0 saturated heterocycles. The summed E-state index contributed by atoms with van der Waals surface area (Å²) < 4.78 is 0. The van der Waals surface area contributed by atoms with Gasteiger partial charge in [0.2, 0.25) is 0 Å². The van der Waals surface area contributed by atoms with Crippen LogP contribution >= 0.6 is 0 Å². The van der Waals surface area contributed by atoms with Gasteiger partial charge in [0.05, 0.1) is 0 Å². The highest BCUT2D eigenvalue weighted by Gasteiger charge is 2.33. The SMILES string of the molecule is CC1CC1CN(C)c1cc(N)ncn1. The van der Waals surface area contributed by atoms with Gasteiger partial charge in [-0.3, -0.25) is 0 Å². The fourth-order valence-electron chi connectivity index (χ4n) is 1.67. The summed E-state index contributed by atoms with van der Waals surface area (Å²) in [5.74, 6) is 3.15. The Morgan fingerprint density at radius 3 is 2.86 bits per heavy atom. The normalized spacial score (nSPS) is 24.7. The van der Waals surface area contributed by atoms with Crippen LogP contribution in [0.25, 0.3) is 0 Å². The van der Waals surface area contributed by atoms with Crippen molar-refractivity contribution in [2.45, 2.75) is 13.3 Å². The van der Waals surface area contributed by atoms with Crippen LogP contribution < -0.4 is 10.6 Å². The second-order valence-electron chi connectivity index (χ2n) is 4.15. The van der Waals surface area contributed by atoms with Crippen LogP contribution in [0.4, 0.5) is 11.6 Å². The van der Waals surface area contributed by atoms with Crippen LogP contribution in [-0.4, -0.2) is 23.6 Å². The summed E-state index contributed by atoms with van der Waals surface area (Å²) >= 11 is 0. The molecule has 0 radical (unpaired) electrons. The summed E-state index contributed by atoms with van der Waals surface area (Å²) in [6.45, 7) is 3.35. The Morgan fingerprint density at radius 1 is 1.57 bits per heavy atom. The van der Waals surface area contributed by atoms with Crippen LogP contribution in [0.1, 0.15) is 13.3 Å². The minimum absolute atomic E-state index is 0.533. The molecule has 1 saturated carbocycles. The second kappa shape index (κ2) is 3.44. The Kier molecular flexibility index (Phi) is 2.27. The van der Waals surface area contributed by atoms with E-state index in [9.17, 15) is 0 Å². The number of hydrogen-bond acceptors (Lipinski definition) is 4. The number of rotatable bonds is 3. The topological polar surface area (TPSA) is 55.0 Å². The standard InChI is InChI=1S/C10H16N4/c1-7-3-8(7)5-14(2)10-4-9(11)12-6-13-10/h4,6-8H,3,5H2,1-2H3,(H2,11,12,13). The fraction of sp³-hybridized carbons (Fsp3) is 0.600. The van der Waals surface area contributed by atoms with Crippen molar-refractivity contribution in [3.05, 3.63) is 12.4 Å². The molecule has 1 heterocycles. The van der Waals surface area contributed by atoms with E-state index in [4.69, 9.17) is 5.73 Å². The van der Waals surface area contributed by atoms with E-state index in [1.165, 1.54) is 12.7 Å². The summed E-state index contributed by atoms with van der Waals surface area (Å²) in [5.41, 5.74) is 5.59. The Morgan fingerprint density at radius 2 is 2.29 bits per heavy atom. The first-order chi connectivity index (χ1) is 6.66. The van der Waals surface area contributed by atoms with Crippen molar-refractivity contribution in [1.29, 1.82) is 0 Å². The van der Waals surface area contributed by atoms with Gasteiger partial charge in [0, 0.05) is 19.7 Å². The molecule has 1 aliphatic carbocycles. The molecule has 0 bridgehead atoms. The van der Waals surface area contributed by atoms with Crippen molar-refractivity contribution in [2.24, 2.45) is 11.8 Å². The molecular formula is C10H16N4. The van der Waals surface area contributed by atoms with E-state index < -0.39 is 0 Å². The summed E-state index contributed by atoms with van der Waals surface area (Å²) in [6.07, 6.45) is 2.85. The third-order valence-electron chi connectivity index (χ3n) is 2.85. The van der Waals surface area contributed by atoms with Gasteiger partial charge in [-0.1, -0.05) is 6.92 Å². The first-order valence-electron chi connectivity index (χ1n) is 4.95. The Hall–Kier alpha value is -1.32. The summed E-state index contributed by atoms with van der Waals surface area (Å²) in [5, 5.41) is 0. The number of hydrogen-bond donors (Lipinski definition) is 1. The highest BCUT2D eigenvalue weighted by Crippen LogP contribution is 2.38. The quantitative estimate of drug-likeness (QED) is 0.780. The van der Waals surface area contributed by atoms with Crippen LogP contribution in [0.3, 0.4) is 0 Å². The van der Waals surface area contributed by atoms with Gasteiger partial charge < -0.3 is 10.6 Å². The lowest BCUT2D eigenvalue weighted by molar-refractivity contribution is 0.719. The van der Waals surface area contributed by atoms with Gasteiger partial charge in [-0.05, 0) is 18.3 Å². The smallest absolute Gasteiger partial charge is 0.133 e. The third-order valence-corrected chi connectivity index (χ3v) is 2.85. The van der Waals surface area contributed by atoms with E-state index in [-0.39, 0.29) is 0 Å². The maximum absolute atomic E-state index is 5.59. The van der Waals surface area contributed by atoms with E-state index >= 15 is 0 Å². The molecule has 1 aromatic rings. The van der Waals surface area contributed by atoms with Crippen molar-refractivity contribution in [3.8, 4) is 0 Å². The lowest BCUT2D eigenvalue weighted by Crippen LogP contribution is -2.21. The molecular weight excluding hydrogens is 176 g/mol. The van der Waals surface area contributed by atoms with Gasteiger partial charge in [-0.15, -0.1) is 0 Å². The predicted molar refractivity (Wildman–Crippen MR) is 57.0 cm³/mol. The van der Waals surface area contributed by atoms with Gasteiger partial charge in [-0.25, -0.2) is 9.97 Å². The fourth-order valence-corrected chi connectivity index (χ4v) is 1.67. The highest BCUT2D eigenvalue weighted by atomic mass is 15.2. The van der Waals surface area contributed by atoms with Gasteiger partial charge in [0.15, 0.2) is 0 Å². The van der Waals surface area contributed by atoms with Crippen LogP contribution in [0.15, 0.2) is 12.4 Å². The third kappa shape index (κ3) is 1.95. The molecule has 1 fully saturated rings. The van der Waals surface area contributed by atoms with Crippen LogP contribution in [0, 0.1) is 11.8 Å². The van der Waals surface area contributed by atoms with Crippen LogP contribution in [-0.2, 0) is 0 Å². The van der Waals surface area contributed by atoms with E-state index in [1.807, 2.05) is 13.1 Å². The van der Waals surface area contributed by atoms with E-state index in [0.29, 0.717) is 5.82 Å². The molecule has 1 aliphatic rings. The van der Waals surface area contributed by atoms with Gasteiger partial charge >= 0.3 is 0 Å². The predicted octanol–water partition coefficient (Wildman–Crippen LogP) is 1.15. The molecule has 4 heteroatoms. The van der Waals surface area contributed by atoms with E-state index in [1.54, 1.807) is 0 Å². The molecule has 0 spiro atoms. The summed E-state index contributed by atoms with van der Waals surface area (Å²) in [6, 6.07) is 1.81.